The molecular formula is C57H71F3N14O2. The number of alkyl halides is 3. The number of nitrogens with one attached hydrogen (secondary N) is 3. The van der Waals surface area contributed by atoms with Gasteiger partial charge in [0.05, 0.1) is 24.5 Å². The first-order valence-corrected chi connectivity index (χ1v) is 26.0. The number of fused-ring (bicyclic) bond motifs is 2. The minimum atomic E-state index is -4.69. The first kappa shape index (κ1) is 53.4. The highest BCUT2D eigenvalue weighted by molar-refractivity contribution is 5.89. The van der Waals surface area contributed by atoms with Gasteiger partial charge in [0.25, 0.3) is 0 Å². The van der Waals surface area contributed by atoms with E-state index in [0.29, 0.717) is 67.4 Å². The molecule has 16 nitrogen and oxygen atoms in total. The Morgan fingerprint density at radius 2 is 1.43 bits per heavy atom. The van der Waals surface area contributed by atoms with Crippen LogP contribution in [0.15, 0.2) is 90.9 Å². The van der Waals surface area contributed by atoms with Gasteiger partial charge in [-0.2, -0.15) is 33.1 Å². The lowest BCUT2D eigenvalue weighted by atomic mass is 9.86. The molecule has 0 bridgehead atoms. The van der Waals surface area contributed by atoms with Crippen LogP contribution in [-0.4, -0.2) is 107 Å². The van der Waals surface area contributed by atoms with Gasteiger partial charge in [-0.3, -0.25) is 0 Å². The van der Waals surface area contributed by atoms with Crippen LogP contribution in [0.5, 0.6) is 5.75 Å². The van der Waals surface area contributed by atoms with Gasteiger partial charge in [-0.05, 0) is 122 Å². The van der Waals surface area contributed by atoms with E-state index in [0.717, 1.165) is 50.4 Å². The third kappa shape index (κ3) is 11.4. The number of aliphatic hydroxyl groups is 1. The van der Waals surface area contributed by atoms with Crippen molar-refractivity contribution in [2.45, 2.75) is 118 Å². The number of aromatic nitrogens is 8. The van der Waals surface area contributed by atoms with Crippen molar-refractivity contribution in [3.8, 4) is 5.75 Å². The van der Waals surface area contributed by atoms with Gasteiger partial charge in [0.2, 0.25) is 17.7 Å². The van der Waals surface area contributed by atoms with E-state index in [1.54, 1.807) is 13.3 Å². The maximum absolute atomic E-state index is 14.5. The largest absolute Gasteiger partial charge is 0.492 e. The molecule has 6 heterocycles. The first-order valence-electron chi connectivity index (χ1n) is 26.0. The molecule has 1 fully saturated rings. The average molecular weight is 1040 g/mol. The number of nitrogens with zero attached hydrogens (tertiary/aromatic N) is 11. The SMILES string of the molecule is CCn1c(C(F)(F)F)nc2nc(N3CCN(c4ccc(OCCn5cnc6nc(NCC(O)C7=CCN(C)C=C7)nc(Nc7cc(C(C)(C)C)ccc7C)c65)cc4)C(C)(C)C3)nc(Nc3cc(C(C)(C)C)ccc3C)c21. The van der Waals surface area contributed by atoms with Crippen molar-refractivity contribution in [2.24, 2.45) is 0 Å². The summed E-state index contributed by atoms with van der Waals surface area (Å²) >= 11 is 0. The van der Waals surface area contributed by atoms with Crippen LogP contribution in [0.3, 0.4) is 0 Å². The minimum Gasteiger partial charge on any atom is -0.492 e. The summed E-state index contributed by atoms with van der Waals surface area (Å²) in [6.45, 7) is 26.2. The van der Waals surface area contributed by atoms with Gasteiger partial charge in [0, 0.05) is 63.4 Å². The Hall–Kier alpha value is -7.41. The van der Waals surface area contributed by atoms with Gasteiger partial charge < -0.3 is 49.6 Å². The highest BCUT2D eigenvalue weighted by atomic mass is 19.4. The number of anilines is 7. The van der Waals surface area contributed by atoms with Crippen LogP contribution >= 0.6 is 0 Å². The van der Waals surface area contributed by atoms with E-state index in [1.165, 1.54) is 5.56 Å². The number of rotatable bonds is 15. The molecule has 19 heteroatoms. The minimum absolute atomic E-state index is 0.0146. The summed E-state index contributed by atoms with van der Waals surface area (Å²) in [4.78, 5) is 34.6. The third-order valence-electron chi connectivity index (χ3n) is 14.3. The molecule has 0 radical (unpaired) electrons. The smallest absolute Gasteiger partial charge is 0.449 e. The van der Waals surface area contributed by atoms with Crippen molar-refractivity contribution in [2.75, 3.05) is 72.1 Å². The summed E-state index contributed by atoms with van der Waals surface area (Å²) in [6.07, 6.45) is 2.18. The van der Waals surface area contributed by atoms with Crippen LogP contribution in [0.25, 0.3) is 22.3 Å². The normalized spacial score (nSPS) is 15.6. The van der Waals surface area contributed by atoms with E-state index in [1.807, 2.05) is 83.1 Å². The summed E-state index contributed by atoms with van der Waals surface area (Å²) in [6, 6.07) is 20.6. The molecule has 1 atom stereocenters. The molecule has 7 aromatic rings. The fraction of sp³-hybridized carbons (Fsp3) is 0.439. The Bertz CT molecular complexity index is 3310. The quantitative estimate of drug-likeness (QED) is 0.0767. The van der Waals surface area contributed by atoms with Crippen molar-refractivity contribution in [1.82, 2.24) is 43.9 Å². The van der Waals surface area contributed by atoms with Crippen molar-refractivity contribution >= 4 is 62.9 Å². The van der Waals surface area contributed by atoms with E-state index in [9.17, 15) is 18.3 Å². The van der Waals surface area contributed by atoms with Gasteiger partial charge in [-0.25, -0.2) is 9.97 Å². The number of hydrogen-bond donors (Lipinski definition) is 4. The number of aryl methyl sites for hydroxylation is 3. The molecule has 0 spiro atoms. The van der Waals surface area contributed by atoms with E-state index in [2.05, 4.69) is 112 Å². The van der Waals surface area contributed by atoms with Crippen LogP contribution in [-0.2, 0) is 30.1 Å². The molecule has 1 unspecified atom stereocenters. The molecule has 2 aliphatic heterocycles. The molecule has 0 saturated carbocycles. The zero-order chi connectivity index (χ0) is 54.5. The highest BCUT2D eigenvalue weighted by Crippen LogP contribution is 2.38. The van der Waals surface area contributed by atoms with Crippen LogP contribution in [0.4, 0.5) is 53.8 Å². The maximum atomic E-state index is 14.5. The number of halogens is 3. The second-order valence-electron chi connectivity index (χ2n) is 22.6. The molecular weight excluding hydrogens is 970 g/mol. The summed E-state index contributed by atoms with van der Waals surface area (Å²) in [5.41, 5.74) is 8.48. The highest BCUT2D eigenvalue weighted by Gasteiger charge is 2.40. The van der Waals surface area contributed by atoms with Crippen molar-refractivity contribution in [3.63, 3.8) is 0 Å². The second kappa shape index (κ2) is 20.6. The van der Waals surface area contributed by atoms with Crippen LogP contribution < -0.4 is 30.5 Å². The van der Waals surface area contributed by atoms with E-state index >= 15 is 0 Å². The summed E-state index contributed by atoms with van der Waals surface area (Å²) < 4.78 is 52.9. The Kier molecular flexibility index (Phi) is 14.5. The zero-order valence-corrected chi connectivity index (χ0v) is 45.7. The standard InChI is InChI=1S/C57H71F3N14O2/c1-13-73-46-49(64-43-31-39(55(7,8)9)17-15-36(43)3)68-53(69-50(46)65-51(73)57(58,59)60)71-26-27-74(56(10,11)33-71)40-18-20-41(21-19-40)76-29-28-72-34-62-47-45(72)48(63-42-30-38(54(4,5)6)16-14-35(42)2)67-52(66-47)61-32-44(75)37-22-24-70(12)25-23-37/h14-24,30-31,34,44,75H,13,25-29,32-33H2,1-12H3,(H,64,68,69)(H2,61,63,66,67). The molecule has 4 aromatic heterocycles. The molecule has 402 valence electrons. The van der Waals surface area contributed by atoms with Crippen molar-refractivity contribution < 1.29 is 23.0 Å². The Balaban J connectivity index is 0.909. The topological polar surface area (TPSA) is 162 Å². The van der Waals surface area contributed by atoms with Gasteiger partial charge in [0.15, 0.2) is 22.9 Å². The van der Waals surface area contributed by atoms with Crippen LogP contribution in [0, 0.1) is 13.8 Å². The fourth-order valence-corrected chi connectivity index (χ4v) is 9.73. The number of hydrogen-bond acceptors (Lipinski definition) is 14. The Morgan fingerprint density at radius 3 is 2.01 bits per heavy atom. The number of piperazine rings is 1. The van der Waals surface area contributed by atoms with Gasteiger partial charge in [-0.1, -0.05) is 71.9 Å². The fourth-order valence-electron chi connectivity index (χ4n) is 9.73. The molecule has 3 aromatic carbocycles. The first-order chi connectivity index (χ1) is 35.9. The number of ether oxygens (including phenoxy) is 1. The maximum Gasteiger partial charge on any atom is 0.449 e. The Morgan fingerprint density at radius 1 is 0.789 bits per heavy atom. The third-order valence-corrected chi connectivity index (χ3v) is 14.3. The Labute approximate surface area is 443 Å². The summed E-state index contributed by atoms with van der Waals surface area (Å²) in [5.74, 6) is 1.18. The van der Waals surface area contributed by atoms with Crippen molar-refractivity contribution in [3.05, 3.63) is 119 Å². The predicted molar refractivity (Wildman–Crippen MR) is 298 cm³/mol. The van der Waals surface area contributed by atoms with Crippen LogP contribution in [0.1, 0.15) is 90.4 Å². The molecule has 1 saturated heterocycles. The molecule has 0 aliphatic carbocycles. The van der Waals surface area contributed by atoms with Crippen molar-refractivity contribution in [1.29, 1.82) is 0 Å². The summed E-state index contributed by atoms with van der Waals surface area (Å²) in [5, 5.41) is 21.3. The van der Waals surface area contributed by atoms with Gasteiger partial charge >= 0.3 is 6.18 Å². The number of likely N-dealkylation sites (N-methyl/N-ethyl adjacent to an activating group) is 1. The number of benzene rings is 3. The number of aliphatic hydroxyl groups excluding tert-OH is 1. The van der Waals surface area contributed by atoms with E-state index in [4.69, 9.17) is 29.7 Å². The second-order valence-corrected chi connectivity index (χ2v) is 22.6. The number of imidazole rings is 2. The zero-order valence-electron chi connectivity index (χ0n) is 45.7. The molecule has 9 rings (SSSR count). The lowest BCUT2D eigenvalue weighted by Crippen LogP contribution is -2.60. The predicted octanol–water partition coefficient (Wildman–Crippen LogP) is 11.0. The summed E-state index contributed by atoms with van der Waals surface area (Å²) in [7, 11) is 1.99. The molecule has 4 N–H and O–H groups in total. The van der Waals surface area contributed by atoms with Gasteiger partial charge in [0.1, 0.15) is 23.4 Å². The van der Waals surface area contributed by atoms with E-state index < -0.39 is 23.6 Å². The van der Waals surface area contributed by atoms with E-state index in [-0.39, 0.29) is 40.9 Å². The van der Waals surface area contributed by atoms with Gasteiger partial charge in [-0.15, -0.1) is 0 Å². The lowest BCUT2D eigenvalue weighted by molar-refractivity contribution is -0.146. The van der Waals surface area contributed by atoms with Crippen LogP contribution in [0.2, 0.25) is 0 Å². The monoisotopic (exact) mass is 1040 g/mol. The molecule has 76 heavy (non-hydrogen) atoms. The average Bonchev–Trinajstić information content (AvgIpc) is 3.96. The molecule has 0 amide bonds. The molecule has 2 aliphatic rings. The lowest BCUT2D eigenvalue weighted by Gasteiger charge is -2.48.